The fourth-order valence-corrected chi connectivity index (χ4v) is 9.36. The molecule has 1 saturated heterocycles. The minimum absolute atomic E-state index is 0.115. The quantitative estimate of drug-likeness (QED) is 0.0149. The molecule has 1 amide bonds. The van der Waals surface area contributed by atoms with Gasteiger partial charge in [0.15, 0.2) is 12.4 Å². The zero-order valence-corrected chi connectivity index (χ0v) is 49.1. The third-order valence-corrected chi connectivity index (χ3v) is 14.3. The minimum atomic E-state index is -1.62. The first kappa shape index (κ1) is 71.9. The molecule has 11 nitrogen and oxygen atoms in total. The van der Waals surface area contributed by atoms with Crippen molar-refractivity contribution >= 4 is 11.9 Å². The molecule has 1 aliphatic heterocycles. The van der Waals surface area contributed by atoms with Gasteiger partial charge >= 0.3 is 5.97 Å². The first-order chi connectivity index (χ1) is 37.7. The second-order valence-electron chi connectivity index (χ2n) is 21.5. The number of aliphatic hydroxyl groups excluding tert-OH is 5. The molecule has 11 heteroatoms. The molecular formula is C66H115NO10. The fourth-order valence-electron chi connectivity index (χ4n) is 9.36. The molecule has 0 aliphatic carbocycles. The summed E-state index contributed by atoms with van der Waals surface area (Å²) in [7, 11) is 0. The lowest BCUT2D eigenvalue weighted by atomic mass is 9.99. The molecule has 6 N–H and O–H groups in total. The van der Waals surface area contributed by atoms with E-state index in [-0.39, 0.29) is 19.4 Å². The van der Waals surface area contributed by atoms with Gasteiger partial charge in [-0.15, -0.1) is 0 Å². The molecule has 1 rings (SSSR count). The van der Waals surface area contributed by atoms with Crippen LogP contribution in [-0.4, -0.2) is 99.6 Å². The first-order valence-electron chi connectivity index (χ1n) is 31.4. The SMILES string of the molecule is CC/C=C/C=C/C=C\CCCCCCC(O)C(=O)NC(COC1OC(CO)C(O)C(O)C1OC(=O)CCCCCCCCCCCCCC/C=C\C/C=C\C/C=C\CCCCC)C(O)/C=C/CCCCCCCCCCC. The standard InChI is InChI=1S/C66H115NO10/c1-4-7-10-13-16-19-22-24-25-26-27-28-29-30-31-32-33-34-35-36-39-42-45-48-51-54-61(71)77-64-63(73)62(72)60(55-68)76-66(64)75-56-57(58(69)52-49-46-43-40-37-21-18-15-12-9-6-3)67-65(74)59(70)53-50-47-44-41-38-23-20-17-14-11-8-5-2/h8,11,14,16-17,19-20,23-25,27-28,49,52,57-60,62-64,66,68-70,72-73H,4-7,9-10,12-13,15,18,21-22,26,29-48,50-51,53-56H2,1-3H3,(H,67,74)/b11-8+,17-14+,19-16-,23-20-,25-24-,28-27-,52-49+. The minimum Gasteiger partial charge on any atom is -0.454 e. The summed E-state index contributed by atoms with van der Waals surface area (Å²) in [6.45, 7) is 5.60. The van der Waals surface area contributed by atoms with Gasteiger partial charge in [0, 0.05) is 6.42 Å². The van der Waals surface area contributed by atoms with Crippen molar-refractivity contribution in [3.05, 3.63) is 85.1 Å². The third kappa shape index (κ3) is 41.5. The van der Waals surface area contributed by atoms with Gasteiger partial charge in [-0.05, 0) is 83.5 Å². The van der Waals surface area contributed by atoms with E-state index in [9.17, 15) is 35.1 Å². The van der Waals surface area contributed by atoms with E-state index in [1.165, 1.54) is 122 Å². The van der Waals surface area contributed by atoms with Crippen molar-refractivity contribution in [3.63, 3.8) is 0 Å². The maximum Gasteiger partial charge on any atom is 0.306 e. The van der Waals surface area contributed by atoms with Gasteiger partial charge in [0.1, 0.15) is 24.4 Å². The number of hydrogen-bond acceptors (Lipinski definition) is 10. The van der Waals surface area contributed by atoms with E-state index in [2.05, 4.69) is 74.7 Å². The van der Waals surface area contributed by atoms with E-state index in [4.69, 9.17) is 14.2 Å². The van der Waals surface area contributed by atoms with E-state index in [0.29, 0.717) is 12.8 Å². The largest absolute Gasteiger partial charge is 0.454 e. The molecule has 0 saturated carbocycles. The van der Waals surface area contributed by atoms with E-state index >= 15 is 0 Å². The molecule has 8 atom stereocenters. The van der Waals surface area contributed by atoms with Gasteiger partial charge in [-0.2, -0.15) is 0 Å². The highest BCUT2D eigenvalue weighted by Gasteiger charge is 2.47. The average Bonchev–Trinajstić information content (AvgIpc) is 3.43. The van der Waals surface area contributed by atoms with Crippen LogP contribution < -0.4 is 5.32 Å². The predicted molar refractivity (Wildman–Crippen MR) is 319 cm³/mol. The van der Waals surface area contributed by atoms with E-state index < -0.39 is 67.4 Å². The van der Waals surface area contributed by atoms with Gasteiger partial charge in [0.05, 0.1) is 25.4 Å². The number of allylic oxidation sites excluding steroid dienone is 13. The van der Waals surface area contributed by atoms with Crippen LogP contribution >= 0.6 is 0 Å². The molecule has 1 fully saturated rings. The van der Waals surface area contributed by atoms with Crippen LogP contribution in [0.5, 0.6) is 0 Å². The fraction of sp³-hybridized carbons (Fsp3) is 0.758. The highest BCUT2D eigenvalue weighted by atomic mass is 16.7. The van der Waals surface area contributed by atoms with Crippen molar-refractivity contribution in [3.8, 4) is 0 Å². The summed E-state index contributed by atoms with van der Waals surface area (Å²) in [6, 6.07) is -1.04. The lowest BCUT2D eigenvalue weighted by Crippen LogP contribution is -2.61. The van der Waals surface area contributed by atoms with Gasteiger partial charge in [-0.25, -0.2) is 0 Å². The Kier molecular flexibility index (Phi) is 49.9. The normalized spacial score (nSPS) is 19.6. The number of amides is 1. The molecule has 0 bridgehead atoms. The monoisotopic (exact) mass is 1080 g/mol. The zero-order valence-electron chi connectivity index (χ0n) is 49.1. The van der Waals surface area contributed by atoms with E-state index in [1.54, 1.807) is 6.08 Å². The lowest BCUT2D eigenvalue weighted by Gasteiger charge is -2.41. The first-order valence-corrected chi connectivity index (χ1v) is 31.4. The molecule has 77 heavy (non-hydrogen) atoms. The maximum absolute atomic E-state index is 13.4. The van der Waals surface area contributed by atoms with Crippen molar-refractivity contribution < 1.29 is 49.3 Å². The Bertz CT molecular complexity index is 1570. The average molecular weight is 1080 g/mol. The van der Waals surface area contributed by atoms with Crippen molar-refractivity contribution in [2.75, 3.05) is 13.2 Å². The summed E-state index contributed by atoms with van der Waals surface area (Å²) in [5.41, 5.74) is 0. The summed E-state index contributed by atoms with van der Waals surface area (Å²) in [6.07, 6.45) is 59.2. The number of unbranched alkanes of at least 4 members (excludes halogenated alkanes) is 28. The Morgan fingerprint density at radius 1 is 0.532 bits per heavy atom. The number of hydrogen-bond donors (Lipinski definition) is 6. The maximum atomic E-state index is 13.4. The molecule has 444 valence electrons. The van der Waals surface area contributed by atoms with Crippen LogP contribution in [0.4, 0.5) is 0 Å². The molecule has 0 spiro atoms. The van der Waals surface area contributed by atoms with Crippen LogP contribution in [0.2, 0.25) is 0 Å². The number of esters is 1. The van der Waals surface area contributed by atoms with Crippen LogP contribution in [-0.2, 0) is 23.8 Å². The second kappa shape index (κ2) is 53.5. The van der Waals surface area contributed by atoms with Crippen LogP contribution in [0.25, 0.3) is 0 Å². The summed E-state index contributed by atoms with van der Waals surface area (Å²) in [4.78, 5) is 26.5. The molecule has 0 aromatic heterocycles. The Morgan fingerprint density at radius 2 is 0.987 bits per heavy atom. The van der Waals surface area contributed by atoms with Crippen LogP contribution in [0, 0.1) is 0 Å². The number of nitrogens with one attached hydrogen (secondary N) is 1. The molecule has 0 radical (unpaired) electrons. The Hall–Kier alpha value is -3.16. The van der Waals surface area contributed by atoms with Gasteiger partial charge < -0.3 is 45.1 Å². The highest BCUT2D eigenvalue weighted by Crippen LogP contribution is 2.26. The van der Waals surface area contributed by atoms with E-state index in [1.807, 2.05) is 30.4 Å². The molecule has 0 aromatic carbocycles. The second-order valence-corrected chi connectivity index (χ2v) is 21.5. The predicted octanol–water partition coefficient (Wildman–Crippen LogP) is 14.9. The van der Waals surface area contributed by atoms with Crippen LogP contribution in [0.3, 0.4) is 0 Å². The molecule has 1 aliphatic rings. The summed E-state index contributed by atoms with van der Waals surface area (Å²) >= 11 is 0. The molecule has 1 heterocycles. The van der Waals surface area contributed by atoms with Crippen molar-refractivity contribution in [1.82, 2.24) is 5.32 Å². The Morgan fingerprint density at radius 3 is 1.53 bits per heavy atom. The number of carbonyl (C=O) groups excluding carboxylic acids is 2. The molecule has 8 unspecified atom stereocenters. The Balaban J connectivity index is 2.59. The van der Waals surface area contributed by atoms with Crippen molar-refractivity contribution in [1.29, 1.82) is 0 Å². The van der Waals surface area contributed by atoms with Gasteiger partial charge in [-0.1, -0.05) is 254 Å². The summed E-state index contributed by atoms with van der Waals surface area (Å²) in [5.74, 6) is -1.22. The smallest absolute Gasteiger partial charge is 0.306 e. The van der Waals surface area contributed by atoms with Crippen molar-refractivity contribution in [2.45, 2.75) is 307 Å². The summed E-state index contributed by atoms with van der Waals surface area (Å²) < 4.78 is 17.6. The van der Waals surface area contributed by atoms with Gasteiger partial charge in [-0.3, -0.25) is 9.59 Å². The highest BCUT2D eigenvalue weighted by molar-refractivity contribution is 5.80. The zero-order chi connectivity index (χ0) is 56.1. The molecule has 0 aromatic rings. The lowest BCUT2D eigenvalue weighted by molar-refractivity contribution is -0.305. The summed E-state index contributed by atoms with van der Waals surface area (Å²) in [5, 5.41) is 56.9. The van der Waals surface area contributed by atoms with Crippen LogP contribution in [0.15, 0.2) is 85.1 Å². The van der Waals surface area contributed by atoms with Crippen LogP contribution in [0.1, 0.15) is 258 Å². The number of rotatable bonds is 52. The van der Waals surface area contributed by atoms with E-state index in [0.717, 1.165) is 89.9 Å². The topological polar surface area (TPSA) is 175 Å². The number of ether oxygens (including phenoxy) is 3. The third-order valence-electron chi connectivity index (χ3n) is 14.3. The van der Waals surface area contributed by atoms with Crippen molar-refractivity contribution in [2.24, 2.45) is 0 Å². The number of aliphatic hydroxyl groups is 5. The van der Waals surface area contributed by atoms with Gasteiger partial charge in [0.2, 0.25) is 5.91 Å². The molecular weight excluding hydrogens is 967 g/mol. The number of carbonyl (C=O) groups is 2. The Labute approximate surface area is 470 Å². The van der Waals surface area contributed by atoms with Gasteiger partial charge in [0.25, 0.3) is 0 Å².